The van der Waals surface area contributed by atoms with Crippen LogP contribution in [0.3, 0.4) is 0 Å². The Hall–Kier alpha value is -3.03. The summed E-state index contributed by atoms with van der Waals surface area (Å²) >= 11 is 0. The van der Waals surface area contributed by atoms with Crippen LogP contribution in [0.4, 0.5) is 0 Å². The summed E-state index contributed by atoms with van der Waals surface area (Å²) in [5.74, 6) is 0. The third-order valence-electron chi connectivity index (χ3n) is 4.97. The summed E-state index contributed by atoms with van der Waals surface area (Å²) in [4.78, 5) is 11.6. The molecule has 3 aromatic heterocycles. The van der Waals surface area contributed by atoms with Crippen molar-refractivity contribution < 1.29 is 8.42 Å². The molecule has 3 aromatic rings. The Morgan fingerprint density at radius 2 is 2.30 bits per heavy atom. The summed E-state index contributed by atoms with van der Waals surface area (Å²) in [7, 11) is -3.54. The Morgan fingerprint density at radius 3 is 3.07 bits per heavy atom. The van der Waals surface area contributed by atoms with Crippen LogP contribution in [-0.2, 0) is 15.6 Å². The molecule has 1 N–H and O–H groups in total. The van der Waals surface area contributed by atoms with Crippen molar-refractivity contribution in [2.75, 3.05) is 13.1 Å². The topological polar surface area (TPSA) is 121 Å². The van der Waals surface area contributed by atoms with Crippen molar-refractivity contribution in [3.63, 3.8) is 0 Å². The van der Waals surface area contributed by atoms with E-state index in [1.54, 1.807) is 17.1 Å². The fourth-order valence-corrected chi connectivity index (χ4v) is 4.49. The van der Waals surface area contributed by atoms with Gasteiger partial charge in [0.15, 0.2) is 0 Å². The third kappa shape index (κ3) is 2.81. The number of nitrogens with one attached hydrogen (secondary N) is 1. The van der Waals surface area contributed by atoms with Gasteiger partial charge in [-0.1, -0.05) is 6.58 Å². The zero-order valence-electron chi connectivity index (χ0n) is 14.4. The van der Waals surface area contributed by atoms with Crippen LogP contribution in [0.5, 0.6) is 0 Å². The second kappa shape index (κ2) is 6.29. The van der Waals surface area contributed by atoms with E-state index in [9.17, 15) is 13.7 Å². The molecular weight excluding hydrogens is 366 g/mol. The van der Waals surface area contributed by atoms with E-state index in [-0.39, 0.29) is 13.0 Å². The largest absolute Gasteiger partial charge is 0.346 e. The highest BCUT2D eigenvalue weighted by molar-refractivity contribution is 7.92. The second-order valence-electron chi connectivity index (χ2n) is 6.49. The fraction of sp³-hybridized carbons (Fsp3) is 0.294. The molecule has 10 heteroatoms. The normalized spacial score (nSPS) is 20.7. The quantitative estimate of drug-likeness (QED) is 0.714. The summed E-state index contributed by atoms with van der Waals surface area (Å²) < 4.78 is 27.3. The molecule has 0 amide bonds. The lowest BCUT2D eigenvalue weighted by atomic mass is 9.95. The van der Waals surface area contributed by atoms with Gasteiger partial charge in [-0.3, -0.25) is 4.68 Å². The summed E-state index contributed by atoms with van der Waals surface area (Å²) in [5.41, 5.74) is 1.52. The van der Waals surface area contributed by atoms with E-state index in [2.05, 4.69) is 32.7 Å². The molecule has 1 atom stereocenters. The molecule has 1 unspecified atom stereocenters. The highest BCUT2D eigenvalue weighted by Crippen LogP contribution is 2.35. The van der Waals surface area contributed by atoms with E-state index >= 15 is 0 Å². The van der Waals surface area contributed by atoms with Crippen LogP contribution in [0.15, 0.2) is 43.0 Å². The molecule has 138 valence electrons. The average molecular weight is 383 g/mol. The predicted molar refractivity (Wildman–Crippen MR) is 98.6 cm³/mol. The van der Waals surface area contributed by atoms with Crippen LogP contribution < -0.4 is 0 Å². The first-order valence-electron chi connectivity index (χ1n) is 8.32. The lowest BCUT2D eigenvalue weighted by Crippen LogP contribution is -2.38. The van der Waals surface area contributed by atoms with Gasteiger partial charge < -0.3 is 4.98 Å². The first-order chi connectivity index (χ1) is 13.0. The Balaban J connectivity index is 1.73. The zero-order chi connectivity index (χ0) is 19.1. The maximum atomic E-state index is 12.1. The van der Waals surface area contributed by atoms with Gasteiger partial charge >= 0.3 is 0 Å². The van der Waals surface area contributed by atoms with E-state index in [4.69, 9.17) is 0 Å². The zero-order valence-corrected chi connectivity index (χ0v) is 15.2. The maximum Gasteiger partial charge on any atom is 0.235 e. The number of hydrogen-bond donors (Lipinski definition) is 1. The summed E-state index contributed by atoms with van der Waals surface area (Å²) in [6.45, 7) is 3.88. The van der Waals surface area contributed by atoms with Gasteiger partial charge in [-0.25, -0.2) is 18.4 Å². The maximum absolute atomic E-state index is 12.1. The van der Waals surface area contributed by atoms with Gasteiger partial charge in [0.2, 0.25) is 10.0 Å². The van der Waals surface area contributed by atoms with E-state index in [1.807, 2.05) is 12.3 Å². The van der Waals surface area contributed by atoms with Gasteiger partial charge in [-0.2, -0.15) is 14.7 Å². The van der Waals surface area contributed by atoms with Crippen LogP contribution in [0.25, 0.3) is 22.3 Å². The minimum absolute atomic E-state index is 0.153. The first-order valence-corrected chi connectivity index (χ1v) is 9.83. The molecule has 0 aliphatic carbocycles. The molecular formula is C17H17N7O2S. The Kier molecular flexibility index (Phi) is 4.05. The molecule has 0 radical (unpaired) electrons. The van der Waals surface area contributed by atoms with Crippen molar-refractivity contribution >= 4 is 21.1 Å². The average Bonchev–Trinajstić information content (AvgIpc) is 3.40. The van der Waals surface area contributed by atoms with Gasteiger partial charge in [0.05, 0.1) is 29.9 Å². The molecule has 0 spiro atoms. The van der Waals surface area contributed by atoms with Crippen molar-refractivity contribution in [1.82, 2.24) is 29.0 Å². The first kappa shape index (κ1) is 17.4. The summed E-state index contributed by atoms with van der Waals surface area (Å²) in [6.07, 6.45) is 7.41. The van der Waals surface area contributed by atoms with Crippen LogP contribution in [0, 0.1) is 11.3 Å². The predicted octanol–water partition coefficient (Wildman–Crippen LogP) is 1.61. The molecule has 0 bridgehead atoms. The van der Waals surface area contributed by atoms with E-state index in [1.165, 1.54) is 10.6 Å². The molecule has 27 heavy (non-hydrogen) atoms. The molecule has 4 heterocycles. The fourth-order valence-electron chi connectivity index (χ4n) is 3.51. The molecule has 1 fully saturated rings. The Morgan fingerprint density at radius 1 is 1.44 bits per heavy atom. The van der Waals surface area contributed by atoms with E-state index in [0.717, 1.165) is 27.7 Å². The van der Waals surface area contributed by atoms with Crippen molar-refractivity contribution in [3.8, 4) is 17.3 Å². The number of nitriles is 1. The molecule has 1 aliphatic rings. The highest BCUT2D eigenvalue weighted by atomic mass is 32.2. The molecule has 1 saturated heterocycles. The van der Waals surface area contributed by atoms with Gasteiger partial charge in [0, 0.05) is 41.8 Å². The van der Waals surface area contributed by atoms with Crippen molar-refractivity contribution in [2.24, 2.45) is 0 Å². The van der Waals surface area contributed by atoms with Gasteiger partial charge in [-0.15, -0.1) is 0 Å². The van der Waals surface area contributed by atoms with Crippen LogP contribution in [-0.4, -0.2) is 50.5 Å². The number of hydrogen-bond acceptors (Lipinski definition) is 6. The molecule has 1 aliphatic heterocycles. The number of nitrogens with zero attached hydrogens (tertiary/aromatic N) is 6. The Labute approximate surface area is 156 Å². The summed E-state index contributed by atoms with van der Waals surface area (Å²) in [6, 6.07) is 4.06. The highest BCUT2D eigenvalue weighted by Gasteiger charge is 2.44. The van der Waals surface area contributed by atoms with Crippen molar-refractivity contribution in [2.45, 2.75) is 18.4 Å². The van der Waals surface area contributed by atoms with Gasteiger partial charge in [-0.05, 0) is 12.5 Å². The van der Waals surface area contributed by atoms with E-state index in [0.29, 0.717) is 13.0 Å². The SMILES string of the molecule is C=CS(=O)(=O)N1CCC(CC#N)(n2cc(-c3ncnc4[nH]ccc34)cn2)C1. The number of rotatable bonds is 5. The molecule has 4 rings (SSSR count). The van der Waals surface area contributed by atoms with Crippen LogP contribution in [0.1, 0.15) is 12.8 Å². The molecule has 0 saturated carbocycles. The number of aromatic nitrogens is 5. The van der Waals surface area contributed by atoms with Crippen LogP contribution >= 0.6 is 0 Å². The smallest absolute Gasteiger partial charge is 0.235 e. The molecule has 9 nitrogen and oxygen atoms in total. The van der Waals surface area contributed by atoms with Crippen molar-refractivity contribution in [3.05, 3.63) is 43.0 Å². The molecule has 0 aromatic carbocycles. The third-order valence-corrected chi connectivity index (χ3v) is 6.42. The lowest BCUT2D eigenvalue weighted by molar-refractivity contribution is 0.276. The standard InChI is InChI=1S/C17H17N7O2S/c1-2-27(25,26)23-8-5-17(11-23,4-6-18)24-10-13(9-22-24)15-14-3-7-19-16(14)21-12-20-15/h2-3,7,9-10,12H,1,4-5,8,11H2,(H,19,20,21). The monoisotopic (exact) mass is 383 g/mol. The number of sulfonamides is 1. The minimum Gasteiger partial charge on any atom is -0.346 e. The number of H-pyrrole nitrogens is 1. The minimum atomic E-state index is -3.54. The number of fused-ring (bicyclic) bond motifs is 1. The lowest BCUT2D eigenvalue weighted by Gasteiger charge is -2.27. The van der Waals surface area contributed by atoms with Crippen molar-refractivity contribution in [1.29, 1.82) is 5.26 Å². The van der Waals surface area contributed by atoms with Gasteiger partial charge in [0.25, 0.3) is 0 Å². The summed E-state index contributed by atoms with van der Waals surface area (Å²) in [5, 5.41) is 15.6. The van der Waals surface area contributed by atoms with Gasteiger partial charge in [0.1, 0.15) is 12.0 Å². The van der Waals surface area contributed by atoms with Crippen LogP contribution in [0.2, 0.25) is 0 Å². The Bertz CT molecular complexity index is 1160. The second-order valence-corrected chi connectivity index (χ2v) is 8.37. The van der Waals surface area contributed by atoms with E-state index < -0.39 is 15.6 Å². The number of aromatic amines is 1.